The third kappa shape index (κ3) is 3.05. The van der Waals surface area contributed by atoms with Crippen LogP contribution in [-0.2, 0) is 23.8 Å². The summed E-state index contributed by atoms with van der Waals surface area (Å²) in [4.78, 5) is 10.3. The van der Waals surface area contributed by atoms with Crippen molar-refractivity contribution >= 4 is 16.3 Å². The van der Waals surface area contributed by atoms with Crippen LogP contribution < -0.4 is 0 Å². The molecule has 1 atom stereocenters. The molecule has 1 aliphatic heterocycles. The van der Waals surface area contributed by atoms with Crippen LogP contribution in [0.4, 0.5) is 4.79 Å². The molecule has 1 rings (SSSR count). The van der Waals surface area contributed by atoms with Crippen molar-refractivity contribution in [3.63, 3.8) is 0 Å². The standard InChI is InChI=1S/C5H8O6S/c1-12(7,8)10-3-4-2-9-5(6)11-4/h4H,2-3H2,1H3. The molecule has 0 bridgehead atoms. The zero-order valence-electron chi connectivity index (χ0n) is 6.35. The van der Waals surface area contributed by atoms with Gasteiger partial charge in [-0.1, -0.05) is 0 Å². The number of carbonyl (C=O) groups excluding carboxylic acids is 1. The molecule has 1 aliphatic rings. The number of carbonyl (C=O) groups is 1. The summed E-state index contributed by atoms with van der Waals surface area (Å²) in [5.74, 6) is 0. The molecule has 0 spiro atoms. The molecular formula is C5H8O6S. The number of cyclic esters (lactones) is 2. The Morgan fingerprint density at radius 3 is 2.75 bits per heavy atom. The number of hydrogen-bond donors (Lipinski definition) is 0. The van der Waals surface area contributed by atoms with E-state index in [2.05, 4.69) is 13.7 Å². The van der Waals surface area contributed by atoms with Crippen LogP contribution in [0.25, 0.3) is 0 Å². The van der Waals surface area contributed by atoms with E-state index in [-0.39, 0.29) is 13.2 Å². The average Bonchev–Trinajstić information content (AvgIpc) is 2.30. The lowest BCUT2D eigenvalue weighted by atomic mass is 10.4. The first kappa shape index (κ1) is 9.27. The second-order valence-electron chi connectivity index (χ2n) is 2.29. The maximum atomic E-state index is 10.5. The summed E-state index contributed by atoms with van der Waals surface area (Å²) >= 11 is 0. The summed E-state index contributed by atoms with van der Waals surface area (Å²) < 4.78 is 34.2. The van der Waals surface area contributed by atoms with E-state index in [1.807, 2.05) is 0 Å². The van der Waals surface area contributed by atoms with Crippen LogP contribution in [0.3, 0.4) is 0 Å². The molecular weight excluding hydrogens is 188 g/mol. The predicted molar refractivity (Wildman–Crippen MR) is 37.0 cm³/mol. The number of hydrogen-bond acceptors (Lipinski definition) is 6. The minimum atomic E-state index is -3.48. The monoisotopic (exact) mass is 196 g/mol. The van der Waals surface area contributed by atoms with E-state index in [1.54, 1.807) is 0 Å². The molecule has 0 aromatic rings. The Kier molecular flexibility index (Phi) is 2.53. The maximum Gasteiger partial charge on any atom is 0.508 e. The van der Waals surface area contributed by atoms with Crippen LogP contribution in [0.1, 0.15) is 0 Å². The van der Waals surface area contributed by atoms with Gasteiger partial charge >= 0.3 is 6.16 Å². The first-order valence-corrected chi connectivity index (χ1v) is 4.97. The summed E-state index contributed by atoms with van der Waals surface area (Å²) in [5.41, 5.74) is 0. The molecule has 70 valence electrons. The lowest BCUT2D eigenvalue weighted by molar-refractivity contribution is 0.0998. The van der Waals surface area contributed by atoms with Crippen LogP contribution in [0.5, 0.6) is 0 Å². The molecule has 1 unspecified atom stereocenters. The van der Waals surface area contributed by atoms with Crippen molar-refractivity contribution in [2.75, 3.05) is 19.5 Å². The molecule has 0 radical (unpaired) electrons. The zero-order chi connectivity index (χ0) is 9.19. The Balaban J connectivity index is 2.30. The van der Waals surface area contributed by atoms with E-state index < -0.39 is 22.4 Å². The number of ether oxygens (including phenoxy) is 2. The van der Waals surface area contributed by atoms with Gasteiger partial charge in [0.1, 0.15) is 13.2 Å². The molecule has 12 heavy (non-hydrogen) atoms. The highest BCUT2D eigenvalue weighted by molar-refractivity contribution is 7.85. The van der Waals surface area contributed by atoms with Gasteiger partial charge in [-0.15, -0.1) is 0 Å². The Labute approximate surface area is 69.5 Å². The highest BCUT2D eigenvalue weighted by Crippen LogP contribution is 2.06. The first-order chi connectivity index (χ1) is 5.47. The lowest BCUT2D eigenvalue weighted by Crippen LogP contribution is -2.20. The summed E-state index contributed by atoms with van der Waals surface area (Å²) in [6, 6.07) is 0. The Morgan fingerprint density at radius 2 is 2.33 bits per heavy atom. The molecule has 0 saturated carbocycles. The van der Waals surface area contributed by atoms with Crippen molar-refractivity contribution in [2.24, 2.45) is 0 Å². The van der Waals surface area contributed by atoms with Crippen molar-refractivity contribution < 1.29 is 26.9 Å². The van der Waals surface area contributed by atoms with E-state index >= 15 is 0 Å². The molecule has 0 amide bonds. The van der Waals surface area contributed by atoms with E-state index in [0.717, 1.165) is 6.26 Å². The maximum absolute atomic E-state index is 10.5. The van der Waals surface area contributed by atoms with Gasteiger partial charge in [0.25, 0.3) is 10.1 Å². The van der Waals surface area contributed by atoms with Crippen LogP contribution >= 0.6 is 0 Å². The van der Waals surface area contributed by atoms with Gasteiger partial charge < -0.3 is 9.47 Å². The van der Waals surface area contributed by atoms with Crippen LogP contribution in [0.2, 0.25) is 0 Å². The Bertz CT molecular complexity index is 268. The number of rotatable bonds is 3. The van der Waals surface area contributed by atoms with Crippen molar-refractivity contribution in [1.29, 1.82) is 0 Å². The first-order valence-electron chi connectivity index (χ1n) is 3.15. The largest absolute Gasteiger partial charge is 0.508 e. The van der Waals surface area contributed by atoms with E-state index in [9.17, 15) is 13.2 Å². The zero-order valence-corrected chi connectivity index (χ0v) is 7.17. The van der Waals surface area contributed by atoms with Gasteiger partial charge in [-0.3, -0.25) is 4.18 Å². The molecule has 1 saturated heterocycles. The van der Waals surface area contributed by atoms with E-state index in [4.69, 9.17) is 0 Å². The fraction of sp³-hybridized carbons (Fsp3) is 0.800. The van der Waals surface area contributed by atoms with Crippen molar-refractivity contribution in [3.05, 3.63) is 0 Å². The van der Waals surface area contributed by atoms with Crippen molar-refractivity contribution in [3.8, 4) is 0 Å². The minimum absolute atomic E-state index is 0.0361. The quantitative estimate of drug-likeness (QED) is 0.447. The fourth-order valence-electron chi connectivity index (χ4n) is 0.647. The molecule has 0 aliphatic carbocycles. The smallest absolute Gasteiger partial charge is 0.430 e. The summed E-state index contributed by atoms with van der Waals surface area (Å²) in [6.07, 6.45) is -0.491. The average molecular weight is 196 g/mol. The van der Waals surface area contributed by atoms with Gasteiger partial charge in [-0.2, -0.15) is 8.42 Å². The molecule has 1 fully saturated rings. The molecule has 0 N–H and O–H groups in total. The highest BCUT2D eigenvalue weighted by Gasteiger charge is 2.26. The van der Waals surface area contributed by atoms with Crippen molar-refractivity contribution in [1.82, 2.24) is 0 Å². The van der Waals surface area contributed by atoms with Crippen molar-refractivity contribution in [2.45, 2.75) is 6.10 Å². The van der Waals surface area contributed by atoms with Crippen LogP contribution in [0.15, 0.2) is 0 Å². The second-order valence-corrected chi connectivity index (χ2v) is 3.93. The molecule has 1 heterocycles. The van der Waals surface area contributed by atoms with E-state index in [0.29, 0.717) is 0 Å². The van der Waals surface area contributed by atoms with Crippen LogP contribution in [0, 0.1) is 0 Å². The minimum Gasteiger partial charge on any atom is -0.430 e. The molecule has 6 nitrogen and oxygen atoms in total. The summed E-state index contributed by atoms with van der Waals surface area (Å²) in [5, 5.41) is 0. The fourth-order valence-corrected chi connectivity index (χ4v) is 1.05. The highest BCUT2D eigenvalue weighted by atomic mass is 32.2. The summed E-state index contributed by atoms with van der Waals surface area (Å²) in [7, 11) is -3.48. The molecule has 7 heteroatoms. The van der Waals surface area contributed by atoms with Gasteiger partial charge in [-0.05, 0) is 0 Å². The van der Waals surface area contributed by atoms with Gasteiger partial charge in [0.05, 0.1) is 6.26 Å². The Morgan fingerprint density at radius 1 is 1.67 bits per heavy atom. The van der Waals surface area contributed by atoms with Gasteiger partial charge in [0.15, 0.2) is 6.10 Å². The van der Waals surface area contributed by atoms with Gasteiger partial charge in [0.2, 0.25) is 0 Å². The molecule has 0 aromatic carbocycles. The normalized spacial score (nSPS) is 23.4. The van der Waals surface area contributed by atoms with Gasteiger partial charge in [0, 0.05) is 0 Å². The molecule has 0 aromatic heterocycles. The second kappa shape index (κ2) is 3.28. The summed E-state index contributed by atoms with van der Waals surface area (Å²) in [6.45, 7) is -0.154. The predicted octanol–water partition coefficient (Wildman–Crippen LogP) is -0.502. The van der Waals surface area contributed by atoms with Gasteiger partial charge in [-0.25, -0.2) is 4.79 Å². The lowest BCUT2D eigenvalue weighted by Gasteiger charge is -2.04. The third-order valence-corrected chi connectivity index (χ3v) is 1.68. The third-order valence-electron chi connectivity index (χ3n) is 1.12. The van der Waals surface area contributed by atoms with Crippen LogP contribution in [-0.4, -0.2) is 40.1 Å². The SMILES string of the molecule is CS(=O)(=O)OCC1COC(=O)O1. The Hall–Kier alpha value is -0.820. The topological polar surface area (TPSA) is 78.9 Å². The van der Waals surface area contributed by atoms with E-state index in [1.165, 1.54) is 0 Å².